The van der Waals surface area contributed by atoms with Crippen LogP contribution in [0.4, 0.5) is 28.2 Å². The minimum Gasteiger partial charge on any atom is -0.324 e. The lowest BCUT2D eigenvalue weighted by Crippen LogP contribution is -2.42. The summed E-state index contributed by atoms with van der Waals surface area (Å²) in [5.74, 6) is -1.08. The number of carbonyl (C=O) groups excluding carboxylic acids is 1. The van der Waals surface area contributed by atoms with Crippen LogP contribution in [0.1, 0.15) is 24.5 Å². The lowest BCUT2D eigenvalue weighted by Gasteiger charge is -2.33. The van der Waals surface area contributed by atoms with Crippen molar-refractivity contribution in [3.8, 4) is 0 Å². The summed E-state index contributed by atoms with van der Waals surface area (Å²) in [4.78, 5) is 13.9. The van der Waals surface area contributed by atoms with Crippen molar-refractivity contribution < 1.29 is 22.4 Å². The van der Waals surface area contributed by atoms with Crippen LogP contribution in [-0.2, 0) is 6.18 Å². The van der Waals surface area contributed by atoms with Crippen molar-refractivity contribution in [2.45, 2.75) is 19.5 Å². The Kier molecular flexibility index (Phi) is 5.62. The molecule has 0 bridgehead atoms. The summed E-state index contributed by atoms with van der Waals surface area (Å²) < 4.78 is 52.9. The Bertz CT molecular complexity index is 883. The fourth-order valence-corrected chi connectivity index (χ4v) is 3.09. The molecule has 1 atom stereocenters. The molecule has 1 aliphatic rings. The van der Waals surface area contributed by atoms with E-state index < -0.39 is 17.6 Å². The Morgan fingerprint density at radius 2 is 2.07 bits per heavy atom. The second-order valence-electron chi connectivity index (χ2n) is 6.56. The smallest absolute Gasteiger partial charge is 0.324 e. The van der Waals surface area contributed by atoms with E-state index in [9.17, 15) is 22.4 Å². The molecular weight excluding hydrogens is 376 g/mol. The number of alkyl halides is 3. The van der Waals surface area contributed by atoms with Gasteiger partial charge in [-0.2, -0.15) is 18.3 Å². The Balaban J connectivity index is 1.71. The molecule has 2 amide bonds. The Morgan fingerprint density at radius 3 is 2.71 bits per heavy atom. The van der Waals surface area contributed by atoms with Gasteiger partial charge in [0.05, 0.1) is 5.56 Å². The molecule has 1 aromatic heterocycles. The Labute approximate surface area is 159 Å². The molecular formula is C19H18F4N4O. The van der Waals surface area contributed by atoms with Crippen molar-refractivity contribution in [2.24, 2.45) is 5.92 Å². The van der Waals surface area contributed by atoms with Gasteiger partial charge in [-0.25, -0.2) is 9.18 Å². The van der Waals surface area contributed by atoms with Crippen molar-refractivity contribution in [1.29, 1.82) is 0 Å². The average molecular weight is 394 g/mol. The van der Waals surface area contributed by atoms with Crippen LogP contribution in [0.25, 0.3) is 6.08 Å². The van der Waals surface area contributed by atoms with Gasteiger partial charge in [-0.05, 0) is 30.5 Å². The predicted molar refractivity (Wildman–Crippen MR) is 95.8 cm³/mol. The van der Waals surface area contributed by atoms with Gasteiger partial charge in [0, 0.05) is 24.8 Å². The van der Waals surface area contributed by atoms with Crippen molar-refractivity contribution in [2.75, 3.05) is 18.4 Å². The van der Waals surface area contributed by atoms with Crippen LogP contribution in [-0.4, -0.2) is 34.2 Å². The van der Waals surface area contributed by atoms with E-state index in [4.69, 9.17) is 0 Å². The first kappa shape index (κ1) is 19.8. The molecule has 1 saturated heterocycles. The van der Waals surface area contributed by atoms with Gasteiger partial charge in [0.2, 0.25) is 0 Å². The van der Waals surface area contributed by atoms with E-state index in [2.05, 4.69) is 15.5 Å². The summed E-state index contributed by atoms with van der Waals surface area (Å²) in [5.41, 5.74) is -0.591. The van der Waals surface area contributed by atoms with E-state index in [-0.39, 0.29) is 17.5 Å². The molecule has 0 aliphatic carbocycles. The summed E-state index contributed by atoms with van der Waals surface area (Å²) in [7, 11) is 0. The van der Waals surface area contributed by atoms with E-state index >= 15 is 0 Å². The van der Waals surface area contributed by atoms with Crippen molar-refractivity contribution in [1.82, 2.24) is 15.1 Å². The normalized spacial score (nSPS) is 19.0. The van der Waals surface area contributed by atoms with Crippen molar-refractivity contribution in [3.05, 3.63) is 59.0 Å². The highest BCUT2D eigenvalue weighted by Gasteiger charge is 2.34. The van der Waals surface area contributed by atoms with Crippen molar-refractivity contribution >= 4 is 17.9 Å². The van der Waals surface area contributed by atoms with Gasteiger partial charge < -0.3 is 4.90 Å². The molecule has 1 fully saturated rings. The van der Waals surface area contributed by atoms with Crippen LogP contribution in [0.5, 0.6) is 0 Å². The summed E-state index contributed by atoms with van der Waals surface area (Å²) in [6, 6.07) is 6.15. The predicted octanol–water partition coefficient (Wildman–Crippen LogP) is 4.59. The number of nitrogens with one attached hydrogen (secondary N) is 1. The zero-order valence-electron chi connectivity index (χ0n) is 15.0. The van der Waals surface area contributed by atoms with Gasteiger partial charge in [-0.3, -0.25) is 5.32 Å². The van der Waals surface area contributed by atoms with Crippen LogP contribution in [0.15, 0.2) is 42.1 Å². The monoisotopic (exact) mass is 394 g/mol. The number of benzene rings is 1. The fraction of sp³-hybridized carbons (Fsp3) is 0.316. The lowest BCUT2D eigenvalue weighted by molar-refractivity contribution is -0.140. The topological polar surface area (TPSA) is 58.1 Å². The number of anilines is 1. The number of urea groups is 1. The SMILES string of the molecule is CC1CN(C(=O)Nc2cccnn2)CCC1=Cc1cccc(C(F)(F)F)c1F. The first-order valence-electron chi connectivity index (χ1n) is 8.65. The standard InChI is InChI=1S/C19H18F4N4O/c1-12-11-27(18(28)25-16-6-3-8-24-26-16)9-7-13(12)10-14-4-2-5-15(17(14)20)19(21,22)23/h2-6,8,10,12H,7,9,11H2,1H3,(H,25,26,28). The van der Waals surface area contributed by atoms with E-state index in [0.717, 1.165) is 11.6 Å². The third kappa shape index (κ3) is 4.47. The highest BCUT2D eigenvalue weighted by molar-refractivity contribution is 5.88. The quantitative estimate of drug-likeness (QED) is 0.758. The maximum absolute atomic E-state index is 14.2. The second-order valence-corrected chi connectivity index (χ2v) is 6.56. The fourth-order valence-electron chi connectivity index (χ4n) is 3.09. The second kappa shape index (κ2) is 7.95. The third-order valence-electron chi connectivity index (χ3n) is 4.57. The molecule has 0 saturated carbocycles. The number of nitrogens with zero attached hydrogens (tertiary/aromatic N) is 3. The average Bonchev–Trinajstić information content (AvgIpc) is 2.64. The van der Waals surface area contributed by atoms with Gasteiger partial charge in [-0.1, -0.05) is 30.7 Å². The molecule has 1 aromatic carbocycles. The molecule has 3 rings (SSSR count). The van der Waals surface area contributed by atoms with E-state index in [0.29, 0.717) is 25.3 Å². The maximum Gasteiger partial charge on any atom is 0.419 e. The Morgan fingerprint density at radius 1 is 1.29 bits per heavy atom. The molecule has 1 N–H and O–H groups in total. The molecule has 0 radical (unpaired) electrons. The minimum absolute atomic E-state index is 0.103. The molecule has 5 nitrogen and oxygen atoms in total. The van der Waals surface area contributed by atoms with Crippen LogP contribution < -0.4 is 5.32 Å². The molecule has 2 heterocycles. The summed E-state index contributed by atoms with van der Waals surface area (Å²) in [6.07, 6.45) is -1.37. The van der Waals surface area contributed by atoms with Crippen LogP contribution in [0, 0.1) is 11.7 Å². The number of halogens is 4. The number of rotatable bonds is 2. The van der Waals surface area contributed by atoms with Crippen LogP contribution in [0.3, 0.4) is 0 Å². The number of carbonyl (C=O) groups is 1. The van der Waals surface area contributed by atoms with Gasteiger partial charge >= 0.3 is 12.2 Å². The summed E-state index contributed by atoms with van der Waals surface area (Å²) in [5, 5.41) is 10.1. The molecule has 1 unspecified atom stereocenters. The van der Waals surface area contributed by atoms with E-state index in [1.54, 1.807) is 17.0 Å². The number of hydrogen-bond acceptors (Lipinski definition) is 3. The van der Waals surface area contributed by atoms with Gasteiger partial charge in [0.25, 0.3) is 0 Å². The molecule has 2 aromatic rings. The van der Waals surface area contributed by atoms with E-state index in [1.807, 2.05) is 6.92 Å². The lowest BCUT2D eigenvalue weighted by atomic mass is 9.91. The summed E-state index contributed by atoms with van der Waals surface area (Å²) >= 11 is 0. The van der Waals surface area contributed by atoms with Gasteiger partial charge in [-0.15, -0.1) is 5.10 Å². The molecule has 148 valence electrons. The van der Waals surface area contributed by atoms with Crippen LogP contribution >= 0.6 is 0 Å². The first-order chi connectivity index (χ1) is 13.3. The van der Waals surface area contributed by atoms with Crippen molar-refractivity contribution in [3.63, 3.8) is 0 Å². The number of hydrogen-bond donors (Lipinski definition) is 1. The minimum atomic E-state index is -4.74. The number of likely N-dealkylation sites (tertiary alicyclic amines) is 1. The number of amides is 2. The molecule has 1 aliphatic heterocycles. The zero-order valence-corrected chi connectivity index (χ0v) is 15.0. The van der Waals surface area contributed by atoms with Gasteiger partial charge in [0.15, 0.2) is 5.82 Å². The molecule has 9 heteroatoms. The van der Waals surface area contributed by atoms with E-state index in [1.165, 1.54) is 24.4 Å². The largest absolute Gasteiger partial charge is 0.419 e. The third-order valence-corrected chi connectivity index (χ3v) is 4.57. The zero-order chi connectivity index (χ0) is 20.3. The molecule has 28 heavy (non-hydrogen) atoms. The van der Waals surface area contributed by atoms with Gasteiger partial charge in [0.1, 0.15) is 5.82 Å². The number of piperidine rings is 1. The maximum atomic E-state index is 14.2. The number of aromatic nitrogens is 2. The highest BCUT2D eigenvalue weighted by atomic mass is 19.4. The highest BCUT2D eigenvalue weighted by Crippen LogP contribution is 2.34. The first-order valence-corrected chi connectivity index (χ1v) is 8.65. The molecule has 0 spiro atoms. The Hall–Kier alpha value is -2.97. The van der Waals surface area contributed by atoms with Crippen LogP contribution in [0.2, 0.25) is 0 Å². The summed E-state index contributed by atoms with van der Waals surface area (Å²) in [6.45, 7) is 2.57.